The van der Waals surface area contributed by atoms with E-state index < -0.39 is 6.03 Å². The average Bonchev–Trinajstić information content (AvgIpc) is 2.95. The van der Waals surface area contributed by atoms with E-state index in [1.807, 2.05) is 0 Å². The van der Waals surface area contributed by atoms with Crippen molar-refractivity contribution in [2.75, 3.05) is 17.7 Å². The largest absolute Gasteiger partial charge is 0.481 e. The van der Waals surface area contributed by atoms with E-state index in [1.54, 1.807) is 42.1 Å². The Morgan fingerprint density at radius 1 is 1.12 bits per heavy atom. The van der Waals surface area contributed by atoms with E-state index in [0.29, 0.717) is 38.6 Å². The maximum Gasteiger partial charge on any atom is 0.323 e. The molecule has 0 radical (unpaired) electrons. The summed E-state index contributed by atoms with van der Waals surface area (Å²) in [4.78, 5) is 16.4. The molecule has 1 aromatic carbocycles. The van der Waals surface area contributed by atoms with E-state index in [0.717, 1.165) is 0 Å². The average molecular weight is 392 g/mol. The number of halogens is 2. The Hall–Kier alpha value is -2.77. The van der Waals surface area contributed by atoms with Crippen molar-refractivity contribution in [3.05, 3.63) is 52.8 Å². The van der Waals surface area contributed by atoms with Gasteiger partial charge in [-0.2, -0.15) is 5.10 Å². The SMILES string of the molecule is COc1ncc(NC(=O)Nc2ccc(Cl)cc2)cc1-c1c(Cl)cnn1C. The van der Waals surface area contributed by atoms with Crippen LogP contribution in [-0.4, -0.2) is 27.9 Å². The summed E-state index contributed by atoms with van der Waals surface area (Å²) in [6.07, 6.45) is 3.03. The lowest BCUT2D eigenvalue weighted by molar-refractivity contribution is 0.262. The van der Waals surface area contributed by atoms with Crippen molar-refractivity contribution >= 4 is 40.6 Å². The number of rotatable bonds is 4. The van der Waals surface area contributed by atoms with Crippen LogP contribution in [0.15, 0.2) is 42.7 Å². The van der Waals surface area contributed by atoms with Crippen LogP contribution in [0.5, 0.6) is 5.88 Å². The van der Waals surface area contributed by atoms with Gasteiger partial charge in [-0.15, -0.1) is 0 Å². The Kier molecular flexibility index (Phi) is 5.29. The molecule has 2 N–H and O–H groups in total. The van der Waals surface area contributed by atoms with Crippen LogP contribution in [0.4, 0.5) is 16.2 Å². The van der Waals surface area contributed by atoms with Crippen molar-refractivity contribution in [3.8, 4) is 17.1 Å². The molecule has 0 atom stereocenters. The molecule has 134 valence electrons. The molecule has 26 heavy (non-hydrogen) atoms. The van der Waals surface area contributed by atoms with Crippen LogP contribution < -0.4 is 15.4 Å². The fraction of sp³-hybridized carbons (Fsp3) is 0.118. The number of nitrogens with zero attached hydrogens (tertiary/aromatic N) is 3. The number of methoxy groups -OCH3 is 1. The first-order chi connectivity index (χ1) is 12.5. The number of nitrogens with one attached hydrogen (secondary N) is 2. The van der Waals surface area contributed by atoms with Gasteiger partial charge >= 0.3 is 6.03 Å². The number of amides is 2. The highest BCUT2D eigenvalue weighted by Gasteiger charge is 2.17. The molecule has 0 fully saturated rings. The lowest BCUT2D eigenvalue weighted by Crippen LogP contribution is -2.19. The first-order valence-electron chi connectivity index (χ1n) is 7.53. The summed E-state index contributed by atoms with van der Waals surface area (Å²) in [5, 5.41) is 10.6. The zero-order valence-electron chi connectivity index (χ0n) is 14.0. The summed E-state index contributed by atoms with van der Waals surface area (Å²) >= 11 is 12.0. The third-order valence-electron chi connectivity index (χ3n) is 3.55. The molecule has 2 heterocycles. The van der Waals surface area contributed by atoms with Crippen LogP contribution in [0.2, 0.25) is 10.0 Å². The first kappa shape index (κ1) is 18.0. The number of aromatic nitrogens is 3. The predicted molar refractivity (Wildman–Crippen MR) is 102 cm³/mol. The number of anilines is 2. The molecule has 0 aliphatic rings. The highest BCUT2D eigenvalue weighted by molar-refractivity contribution is 6.33. The minimum absolute atomic E-state index is 0.374. The van der Waals surface area contributed by atoms with Crippen molar-refractivity contribution in [3.63, 3.8) is 0 Å². The molecule has 0 saturated carbocycles. The van der Waals surface area contributed by atoms with Crippen molar-refractivity contribution in [1.82, 2.24) is 14.8 Å². The highest BCUT2D eigenvalue weighted by Crippen LogP contribution is 2.34. The monoisotopic (exact) mass is 391 g/mol. The van der Waals surface area contributed by atoms with E-state index in [4.69, 9.17) is 27.9 Å². The van der Waals surface area contributed by atoms with E-state index in [2.05, 4.69) is 20.7 Å². The van der Waals surface area contributed by atoms with E-state index in [1.165, 1.54) is 19.5 Å². The third kappa shape index (κ3) is 3.89. The highest BCUT2D eigenvalue weighted by atomic mass is 35.5. The van der Waals surface area contributed by atoms with E-state index in [-0.39, 0.29) is 0 Å². The molecule has 0 saturated heterocycles. The summed E-state index contributed by atoms with van der Waals surface area (Å²) in [6, 6.07) is 8.09. The van der Waals surface area contributed by atoms with Crippen LogP contribution in [0, 0.1) is 0 Å². The summed E-state index contributed by atoms with van der Waals surface area (Å²) in [7, 11) is 3.27. The maximum atomic E-state index is 12.2. The van der Waals surface area contributed by atoms with Gasteiger partial charge in [0, 0.05) is 17.8 Å². The second kappa shape index (κ2) is 7.63. The van der Waals surface area contributed by atoms with Crippen molar-refractivity contribution in [2.45, 2.75) is 0 Å². The van der Waals surface area contributed by atoms with Gasteiger partial charge in [-0.1, -0.05) is 23.2 Å². The fourth-order valence-corrected chi connectivity index (χ4v) is 2.79. The van der Waals surface area contributed by atoms with Crippen LogP contribution in [0.3, 0.4) is 0 Å². The van der Waals surface area contributed by atoms with Crippen LogP contribution in [0.1, 0.15) is 0 Å². The zero-order chi connectivity index (χ0) is 18.7. The first-order valence-corrected chi connectivity index (χ1v) is 8.29. The molecule has 0 spiro atoms. The normalized spacial score (nSPS) is 10.5. The predicted octanol–water partition coefficient (Wildman–Crippen LogP) is 4.44. The number of carbonyl (C=O) groups excluding carboxylic acids is 1. The number of carbonyl (C=O) groups is 1. The number of benzene rings is 1. The fourth-order valence-electron chi connectivity index (χ4n) is 2.39. The lowest BCUT2D eigenvalue weighted by atomic mass is 10.2. The molecular formula is C17H15Cl2N5O2. The van der Waals surface area contributed by atoms with Gasteiger partial charge in [0.25, 0.3) is 0 Å². The molecule has 0 unspecified atom stereocenters. The van der Waals surface area contributed by atoms with Crippen LogP contribution in [0.25, 0.3) is 11.3 Å². The molecule has 7 nitrogen and oxygen atoms in total. The third-order valence-corrected chi connectivity index (χ3v) is 4.08. The quantitative estimate of drug-likeness (QED) is 0.688. The Morgan fingerprint density at radius 2 is 1.81 bits per heavy atom. The van der Waals surface area contributed by atoms with Crippen molar-refractivity contribution in [2.24, 2.45) is 7.05 Å². The second-order valence-electron chi connectivity index (χ2n) is 5.33. The van der Waals surface area contributed by atoms with Gasteiger partial charge in [-0.3, -0.25) is 4.68 Å². The molecule has 3 rings (SSSR count). The molecule has 0 aliphatic heterocycles. The molecular weight excluding hydrogens is 377 g/mol. The Bertz CT molecular complexity index is 921. The smallest absolute Gasteiger partial charge is 0.323 e. The van der Waals surface area contributed by atoms with Gasteiger partial charge in [0.15, 0.2) is 0 Å². The number of hydrogen-bond acceptors (Lipinski definition) is 4. The van der Waals surface area contributed by atoms with E-state index >= 15 is 0 Å². The molecule has 9 heteroatoms. The Labute approximate surface area is 159 Å². The van der Waals surface area contributed by atoms with Gasteiger partial charge in [0.1, 0.15) is 0 Å². The molecule has 2 amide bonds. The van der Waals surface area contributed by atoms with Gasteiger partial charge in [0.2, 0.25) is 5.88 Å². The minimum Gasteiger partial charge on any atom is -0.481 e. The van der Waals surface area contributed by atoms with Gasteiger partial charge in [0.05, 0.1) is 41.5 Å². The molecule has 0 aliphatic carbocycles. The lowest BCUT2D eigenvalue weighted by Gasteiger charge is -2.12. The van der Waals surface area contributed by atoms with Gasteiger partial charge in [-0.05, 0) is 30.3 Å². The Morgan fingerprint density at radius 3 is 2.42 bits per heavy atom. The summed E-state index contributed by atoms with van der Waals surface area (Å²) in [5.41, 5.74) is 2.34. The minimum atomic E-state index is -0.415. The summed E-state index contributed by atoms with van der Waals surface area (Å²) in [5.74, 6) is 0.374. The van der Waals surface area contributed by atoms with Crippen molar-refractivity contribution in [1.29, 1.82) is 0 Å². The standard InChI is InChI=1S/C17H15Cl2N5O2/c1-24-15(14(19)9-21-24)13-7-12(8-20-16(13)26-2)23-17(25)22-11-5-3-10(18)4-6-11/h3-9H,1-2H3,(H2,22,23,25). The second-order valence-corrected chi connectivity index (χ2v) is 6.18. The van der Waals surface area contributed by atoms with E-state index in [9.17, 15) is 4.79 Å². The maximum absolute atomic E-state index is 12.2. The Balaban J connectivity index is 1.83. The molecule has 3 aromatic rings. The topological polar surface area (TPSA) is 81.1 Å². The summed E-state index contributed by atoms with van der Waals surface area (Å²) < 4.78 is 6.90. The summed E-state index contributed by atoms with van der Waals surface area (Å²) in [6.45, 7) is 0. The number of pyridine rings is 1. The van der Waals surface area contributed by atoms with Crippen LogP contribution in [-0.2, 0) is 7.05 Å². The van der Waals surface area contributed by atoms with Gasteiger partial charge < -0.3 is 15.4 Å². The van der Waals surface area contributed by atoms with Crippen molar-refractivity contribution < 1.29 is 9.53 Å². The molecule has 2 aromatic heterocycles. The van der Waals surface area contributed by atoms with Gasteiger partial charge in [-0.25, -0.2) is 9.78 Å². The number of hydrogen-bond donors (Lipinski definition) is 2. The zero-order valence-corrected chi connectivity index (χ0v) is 15.5. The number of ether oxygens (including phenoxy) is 1. The molecule has 0 bridgehead atoms. The number of aryl methyl sites for hydroxylation is 1. The van der Waals surface area contributed by atoms with Crippen LogP contribution >= 0.6 is 23.2 Å². The number of urea groups is 1.